The summed E-state index contributed by atoms with van der Waals surface area (Å²) in [7, 11) is 1.66. The molecule has 1 aromatic rings. The van der Waals surface area contributed by atoms with Crippen molar-refractivity contribution < 1.29 is 4.74 Å². The van der Waals surface area contributed by atoms with Gasteiger partial charge < -0.3 is 15.8 Å². The predicted octanol–water partition coefficient (Wildman–Crippen LogP) is 2.29. The second-order valence-corrected chi connectivity index (χ2v) is 3.52. The maximum atomic E-state index is 5.91. The Balaban J connectivity index is 2.72. The average Bonchev–Trinajstić information content (AvgIpc) is 2.14. The first-order valence-corrected chi connectivity index (χ1v) is 4.81. The molecule has 14 heavy (non-hydrogen) atoms. The maximum Gasteiger partial charge on any atom is 0.0635 e. The monoisotopic (exact) mass is 214 g/mol. The van der Waals surface area contributed by atoms with Gasteiger partial charge in [-0.25, -0.2) is 0 Å². The summed E-state index contributed by atoms with van der Waals surface area (Å²) in [6.45, 7) is 3.34. The van der Waals surface area contributed by atoms with E-state index in [9.17, 15) is 0 Å². The molecule has 0 bridgehead atoms. The molecule has 1 rings (SSSR count). The molecule has 0 amide bonds. The van der Waals surface area contributed by atoms with Crippen LogP contribution < -0.4 is 11.1 Å². The third-order valence-corrected chi connectivity index (χ3v) is 2.36. The third kappa shape index (κ3) is 2.79. The summed E-state index contributed by atoms with van der Waals surface area (Å²) < 4.78 is 4.93. The average molecular weight is 215 g/mol. The fraction of sp³-hybridized carbons (Fsp3) is 0.400. The van der Waals surface area contributed by atoms with Gasteiger partial charge in [0.15, 0.2) is 0 Å². The number of aryl methyl sites for hydroxylation is 1. The van der Waals surface area contributed by atoms with Gasteiger partial charge in [0.2, 0.25) is 0 Å². The Labute approximate surface area is 89.2 Å². The Bertz CT molecular complexity index is 315. The van der Waals surface area contributed by atoms with Crippen molar-refractivity contribution in [1.29, 1.82) is 0 Å². The van der Waals surface area contributed by atoms with E-state index in [1.54, 1.807) is 13.2 Å². The van der Waals surface area contributed by atoms with Gasteiger partial charge in [-0.3, -0.25) is 0 Å². The number of rotatable bonds is 4. The molecular weight excluding hydrogens is 200 g/mol. The fourth-order valence-electron chi connectivity index (χ4n) is 1.14. The Morgan fingerprint density at radius 2 is 2.21 bits per heavy atom. The third-order valence-electron chi connectivity index (χ3n) is 1.95. The van der Waals surface area contributed by atoms with Gasteiger partial charge in [-0.05, 0) is 24.6 Å². The van der Waals surface area contributed by atoms with Gasteiger partial charge in [0, 0.05) is 18.7 Å². The molecule has 0 heterocycles. The van der Waals surface area contributed by atoms with Crippen LogP contribution in [0.4, 0.5) is 11.4 Å². The van der Waals surface area contributed by atoms with E-state index in [1.165, 1.54) is 0 Å². The Kier molecular flexibility index (Phi) is 4.04. The van der Waals surface area contributed by atoms with Crippen LogP contribution in [0, 0.1) is 6.92 Å². The van der Waals surface area contributed by atoms with Crippen LogP contribution in [-0.2, 0) is 4.74 Å². The van der Waals surface area contributed by atoms with Crippen LogP contribution in [0.15, 0.2) is 12.1 Å². The van der Waals surface area contributed by atoms with E-state index in [1.807, 2.05) is 13.0 Å². The van der Waals surface area contributed by atoms with Gasteiger partial charge in [0.05, 0.1) is 18.0 Å². The topological polar surface area (TPSA) is 47.3 Å². The van der Waals surface area contributed by atoms with Crippen LogP contribution in [-0.4, -0.2) is 20.3 Å². The molecule has 0 saturated heterocycles. The molecule has 3 nitrogen and oxygen atoms in total. The minimum atomic E-state index is 0.654. The first kappa shape index (κ1) is 11.1. The molecule has 78 valence electrons. The quantitative estimate of drug-likeness (QED) is 0.597. The van der Waals surface area contributed by atoms with Crippen molar-refractivity contribution in [3.05, 3.63) is 22.7 Å². The summed E-state index contributed by atoms with van der Waals surface area (Å²) in [6.07, 6.45) is 0. The molecule has 1 aromatic carbocycles. The number of nitrogens with one attached hydrogen (secondary N) is 1. The van der Waals surface area contributed by atoms with Crippen molar-refractivity contribution in [3.8, 4) is 0 Å². The molecule has 0 aromatic heterocycles. The van der Waals surface area contributed by atoms with Crippen molar-refractivity contribution >= 4 is 23.0 Å². The van der Waals surface area contributed by atoms with Crippen LogP contribution in [0.2, 0.25) is 5.02 Å². The van der Waals surface area contributed by atoms with Gasteiger partial charge >= 0.3 is 0 Å². The number of nitrogen functional groups attached to an aromatic ring is 1. The standard InChI is InChI=1S/C10H15ClN2O/c1-7-5-10(13-3-4-14-2)9(12)6-8(7)11/h5-6,13H,3-4,12H2,1-2H3. The summed E-state index contributed by atoms with van der Waals surface area (Å²) in [5.41, 5.74) is 8.37. The largest absolute Gasteiger partial charge is 0.397 e. The molecule has 0 fully saturated rings. The first-order valence-electron chi connectivity index (χ1n) is 4.43. The van der Waals surface area contributed by atoms with Crippen molar-refractivity contribution in [2.75, 3.05) is 31.3 Å². The zero-order chi connectivity index (χ0) is 10.6. The molecular formula is C10H15ClN2O. The minimum Gasteiger partial charge on any atom is -0.397 e. The Morgan fingerprint density at radius 1 is 1.50 bits per heavy atom. The number of halogens is 1. The van der Waals surface area contributed by atoms with Gasteiger partial charge in [-0.15, -0.1) is 0 Å². The van der Waals surface area contributed by atoms with Gasteiger partial charge in [0.1, 0.15) is 0 Å². The van der Waals surface area contributed by atoms with Crippen LogP contribution in [0.25, 0.3) is 0 Å². The van der Waals surface area contributed by atoms with Crippen LogP contribution in [0.3, 0.4) is 0 Å². The van der Waals surface area contributed by atoms with E-state index in [0.717, 1.165) is 17.8 Å². The van der Waals surface area contributed by atoms with Gasteiger partial charge in [-0.1, -0.05) is 11.6 Å². The number of hydrogen-bond acceptors (Lipinski definition) is 3. The number of ether oxygens (including phenoxy) is 1. The maximum absolute atomic E-state index is 5.91. The molecule has 0 saturated carbocycles. The molecule has 0 aliphatic heterocycles. The van der Waals surface area contributed by atoms with E-state index < -0.39 is 0 Å². The minimum absolute atomic E-state index is 0.654. The second kappa shape index (κ2) is 5.08. The second-order valence-electron chi connectivity index (χ2n) is 3.11. The highest BCUT2D eigenvalue weighted by Crippen LogP contribution is 2.26. The van der Waals surface area contributed by atoms with Gasteiger partial charge in [0.25, 0.3) is 0 Å². The van der Waals surface area contributed by atoms with Crippen LogP contribution >= 0.6 is 11.6 Å². The molecule has 4 heteroatoms. The highest BCUT2D eigenvalue weighted by Gasteiger charge is 2.02. The van der Waals surface area contributed by atoms with Crippen LogP contribution in [0.1, 0.15) is 5.56 Å². The lowest BCUT2D eigenvalue weighted by Gasteiger charge is -2.10. The molecule has 0 aliphatic carbocycles. The summed E-state index contributed by atoms with van der Waals surface area (Å²) in [5.74, 6) is 0. The molecule has 0 atom stereocenters. The van der Waals surface area contributed by atoms with Crippen molar-refractivity contribution in [2.45, 2.75) is 6.92 Å². The highest BCUT2D eigenvalue weighted by atomic mass is 35.5. The van der Waals surface area contributed by atoms with E-state index in [2.05, 4.69) is 5.32 Å². The normalized spacial score (nSPS) is 10.2. The van der Waals surface area contributed by atoms with E-state index in [4.69, 9.17) is 22.1 Å². The number of benzene rings is 1. The van der Waals surface area contributed by atoms with Crippen molar-refractivity contribution in [3.63, 3.8) is 0 Å². The fourth-order valence-corrected chi connectivity index (χ4v) is 1.31. The summed E-state index contributed by atoms with van der Waals surface area (Å²) >= 11 is 5.91. The molecule has 0 radical (unpaired) electrons. The molecule has 0 unspecified atom stereocenters. The molecule has 0 spiro atoms. The van der Waals surface area contributed by atoms with Gasteiger partial charge in [-0.2, -0.15) is 0 Å². The summed E-state index contributed by atoms with van der Waals surface area (Å²) in [4.78, 5) is 0. The Hall–Kier alpha value is -0.930. The first-order chi connectivity index (χ1) is 6.65. The van der Waals surface area contributed by atoms with Crippen molar-refractivity contribution in [1.82, 2.24) is 0 Å². The molecule has 0 aliphatic rings. The zero-order valence-corrected chi connectivity index (χ0v) is 9.19. The smallest absolute Gasteiger partial charge is 0.0635 e. The van der Waals surface area contributed by atoms with E-state index in [0.29, 0.717) is 17.3 Å². The van der Waals surface area contributed by atoms with Crippen LogP contribution in [0.5, 0.6) is 0 Å². The van der Waals surface area contributed by atoms with E-state index >= 15 is 0 Å². The number of methoxy groups -OCH3 is 1. The lowest BCUT2D eigenvalue weighted by molar-refractivity contribution is 0.211. The van der Waals surface area contributed by atoms with Crippen molar-refractivity contribution in [2.24, 2.45) is 0 Å². The number of anilines is 2. The summed E-state index contributed by atoms with van der Waals surface area (Å²) in [6, 6.07) is 3.69. The Morgan fingerprint density at radius 3 is 2.86 bits per heavy atom. The highest BCUT2D eigenvalue weighted by molar-refractivity contribution is 6.31. The number of nitrogens with two attached hydrogens (primary N) is 1. The summed E-state index contributed by atoms with van der Waals surface area (Å²) in [5, 5.41) is 3.87. The SMILES string of the molecule is COCCNc1cc(C)c(Cl)cc1N. The lowest BCUT2D eigenvalue weighted by atomic mass is 10.2. The van der Waals surface area contributed by atoms with E-state index in [-0.39, 0.29) is 0 Å². The lowest BCUT2D eigenvalue weighted by Crippen LogP contribution is -2.09. The zero-order valence-electron chi connectivity index (χ0n) is 8.43. The molecule has 3 N–H and O–H groups in total. The number of hydrogen-bond donors (Lipinski definition) is 2. The predicted molar refractivity (Wildman–Crippen MR) is 61.0 cm³/mol.